The standard InChI is InChI=1S/C11H8BrF3N4O/c12-7-1-2-8(10(16)18-20)9(3-7)19-5-6(4-17-19)11(13,14)15/h1-5,20H,(H2,16,18). The molecule has 20 heavy (non-hydrogen) atoms. The lowest BCUT2D eigenvalue weighted by molar-refractivity contribution is -0.137. The van der Waals surface area contributed by atoms with E-state index in [2.05, 4.69) is 26.2 Å². The van der Waals surface area contributed by atoms with Gasteiger partial charge < -0.3 is 10.9 Å². The van der Waals surface area contributed by atoms with Crippen molar-refractivity contribution in [2.45, 2.75) is 6.18 Å². The lowest BCUT2D eigenvalue weighted by atomic mass is 10.1. The maximum atomic E-state index is 12.6. The van der Waals surface area contributed by atoms with Gasteiger partial charge >= 0.3 is 6.18 Å². The molecule has 1 aromatic heterocycles. The van der Waals surface area contributed by atoms with Crippen LogP contribution in [0.2, 0.25) is 0 Å². The molecule has 2 rings (SSSR count). The SMILES string of the molecule is N/C(=N/O)c1ccc(Br)cc1-n1cc(C(F)(F)F)cn1. The maximum absolute atomic E-state index is 12.6. The van der Waals surface area contributed by atoms with Crippen LogP contribution in [0.4, 0.5) is 13.2 Å². The zero-order valence-electron chi connectivity index (χ0n) is 9.76. The van der Waals surface area contributed by atoms with E-state index in [0.29, 0.717) is 10.7 Å². The first-order valence-corrected chi connectivity index (χ1v) is 6.02. The fraction of sp³-hybridized carbons (Fsp3) is 0.0909. The van der Waals surface area contributed by atoms with Crippen molar-refractivity contribution in [2.75, 3.05) is 0 Å². The molecular formula is C11H8BrF3N4O. The minimum Gasteiger partial charge on any atom is -0.409 e. The third-order valence-electron chi connectivity index (χ3n) is 2.50. The average Bonchev–Trinajstić information content (AvgIpc) is 2.87. The Balaban J connectivity index is 2.57. The quantitative estimate of drug-likeness (QED) is 0.379. The number of aromatic nitrogens is 2. The molecule has 0 aliphatic rings. The minimum atomic E-state index is -4.49. The molecule has 0 amide bonds. The first-order valence-electron chi connectivity index (χ1n) is 5.22. The van der Waals surface area contributed by atoms with Crippen LogP contribution >= 0.6 is 15.9 Å². The molecule has 2 aromatic rings. The molecule has 3 N–H and O–H groups in total. The van der Waals surface area contributed by atoms with Crippen LogP contribution in [0.15, 0.2) is 40.2 Å². The van der Waals surface area contributed by atoms with Crippen molar-refractivity contribution in [3.05, 3.63) is 46.2 Å². The van der Waals surface area contributed by atoms with Crippen LogP contribution in [0.5, 0.6) is 0 Å². The molecule has 0 fully saturated rings. The third-order valence-corrected chi connectivity index (χ3v) is 2.99. The summed E-state index contributed by atoms with van der Waals surface area (Å²) in [6.45, 7) is 0. The molecule has 0 saturated carbocycles. The molecule has 0 aliphatic heterocycles. The summed E-state index contributed by atoms with van der Waals surface area (Å²) < 4.78 is 39.3. The summed E-state index contributed by atoms with van der Waals surface area (Å²) in [5.41, 5.74) is 5.12. The fourth-order valence-corrected chi connectivity index (χ4v) is 1.91. The van der Waals surface area contributed by atoms with Gasteiger partial charge in [-0.25, -0.2) is 4.68 Å². The van der Waals surface area contributed by atoms with E-state index in [1.54, 1.807) is 6.07 Å². The average molecular weight is 349 g/mol. The van der Waals surface area contributed by atoms with E-state index < -0.39 is 11.7 Å². The highest BCUT2D eigenvalue weighted by Gasteiger charge is 2.32. The number of hydrogen-bond donors (Lipinski definition) is 2. The number of benzene rings is 1. The number of oxime groups is 1. The van der Waals surface area contributed by atoms with E-state index in [1.807, 2.05) is 0 Å². The molecule has 0 atom stereocenters. The van der Waals surface area contributed by atoms with Crippen molar-refractivity contribution in [3.63, 3.8) is 0 Å². The van der Waals surface area contributed by atoms with Gasteiger partial charge in [-0.05, 0) is 18.2 Å². The van der Waals surface area contributed by atoms with Crippen molar-refractivity contribution < 1.29 is 18.4 Å². The normalized spacial score (nSPS) is 12.7. The van der Waals surface area contributed by atoms with Gasteiger partial charge in [-0.15, -0.1) is 0 Å². The zero-order chi connectivity index (χ0) is 14.9. The van der Waals surface area contributed by atoms with Gasteiger partial charge in [0.25, 0.3) is 0 Å². The molecule has 0 unspecified atom stereocenters. The summed E-state index contributed by atoms with van der Waals surface area (Å²) in [4.78, 5) is 0. The van der Waals surface area contributed by atoms with Crippen molar-refractivity contribution in [1.82, 2.24) is 9.78 Å². The van der Waals surface area contributed by atoms with Crippen molar-refractivity contribution in [3.8, 4) is 5.69 Å². The Morgan fingerprint density at radius 3 is 2.65 bits per heavy atom. The molecule has 0 aliphatic carbocycles. The summed E-state index contributed by atoms with van der Waals surface area (Å²) in [5.74, 6) is -0.225. The molecule has 9 heteroatoms. The second-order valence-electron chi connectivity index (χ2n) is 3.82. The van der Waals surface area contributed by atoms with E-state index in [1.165, 1.54) is 12.1 Å². The van der Waals surface area contributed by atoms with E-state index in [-0.39, 0.29) is 17.1 Å². The lowest BCUT2D eigenvalue weighted by Gasteiger charge is -2.09. The molecule has 0 radical (unpaired) electrons. The lowest BCUT2D eigenvalue weighted by Crippen LogP contribution is -2.16. The summed E-state index contributed by atoms with van der Waals surface area (Å²) in [7, 11) is 0. The molecule has 0 bridgehead atoms. The van der Waals surface area contributed by atoms with E-state index in [0.717, 1.165) is 10.9 Å². The Hall–Kier alpha value is -2.03. The first kappa shape index (κ1) is 14.4. The molecule has 5 nitrogen and oxygen atoms in total. The van der Waals surface area contributed by atoms with Crippen LogP contribution in [-0.2, 0) is 6.18 Å². The van der Waals surface area contributed by atoms with Gasteiger partial charge in [-0.2, -0.15) is 18.3 Å². The Morgan fingerprint density at radius 2 is 2.10 bits per heavy atom. The predicted octanol–water partition coefficient (Wildman–Crippen LogP) is 2.75. The number of halogens is 4. The molecular weight excluding hydrogens is 341 g/mol. The monoisotopic (exact) mass is 348 g/mol. The van der Waals surface area contributed by atoms with E-state index >= 15 is 0 Å². The Bertz CT molecular complexity index is 666. The maximum Gasteiger partial charge on any atom is 0.419 e. The second-order valence-corrected chi connectivity index (χ2v) is 4.73. The molecule has 0 spiro atoms. The molecule has 1 aromatic carbocycles. The number of alkyl halides is 3. The van der Waals surface area contributed by atoms with Gasteiger partial charge in [0.05, 0.1) is 17.4 Å². The highest BCUT2D eigenvalue weighted by Crippen LogP contribution is 2.30. The van der Waals surface area contributed by atoms with E-state index in [9.17, 15) is 13.2 Å². The van der Waals surface area contributed by atoms with Crippen molar-refractivity contribution in [2.24, 2.45) is 10.9 Å². The first-order chi connectivity index (χ1) is 9.32. The summed E-state index contributed by atoms with van der Waals surface area (Å²) >= 11 is 3.20. The highest BCUT2D eigenvalue weighted by atomic mass is 79.9. The van der Waals surface area contributed by atoms with Crippen molar-refractivity contribution >= 4 is 21.8 Å². The Morgan fingerprint density at radius 1 is 1.40 bits per heavy atom. The third kappa shape index (κ3) is 2.77. The number of nitrogens with two attached hydrogens (primary N) is 1. The number of nitrogens with zero attached hydrogens (tertiary/aromatic N) is 3. The van der Waals surface area contributed by atoms with Crippen LogP contribution in [0, 0.1) is 0 Å². The molecule has 0 saturated heterocycles. The number of hydrogen-bond acceptors (Lipinski definition) is 3. The fourth-order valence-electron chi connectivity index (χ4n) is 1.57. The largest absolute Gasteiger partial charge is 0.419 e. The second kappa shape index (κ2) is 5.16. The van der Waals surface area contributed by atoms with Crippen LogP contribution in [0.25, 0.3) is 5.69 Å². The van der Waals surface area contributed by atoms with Crippen molar-refractivity contribution in [1.29, 1.82) is 0 Å². The van der Waals surface area contributed by atoms with Gasteiger partial charge in [0.1, 0.15) is 0 Å². The zero-order valence-corrected chi connectivity index (χ0v) is 11.4. The number of amidine groups is 1. The Kier molecular flexibility index (Phi) is 3.71. The number of rotatable bonds is 2. The van der Waals surface area contributed by atoms with Gasteiger partial charge in [-0.3, -0.25) is 0 Å². The summed E-state index contributed by atoms with van der Waals surface area (Å²) in [5, 5.41) is 15.2. The van der Waals surface area contributed by atoms with Crippen LogP contribution in [-0.4, -0.2) is 20.8 Å². The molecule has 1 heterocycles. The van der Waals surface area contributed by atoms with Gasteiger partial charge in [-0.1, -0.05) is 21.1 Å². The van der Waals surface area contributed by atoms with Gasteiger partial charge in [0.15, 0.2) is 5.84 Å². The molecule has 106 valence electrons. The van der Waals surface area contributed by atoms with Gasteiger partial charge in [0.2, 0.25) is 0 Å². The minimum absolute atomic E-state index is 0.225. The smallest absolute Gasteiger partial charge is 0.409 e. The van der Waals surface area contributed by atoms with E-state index in [4.69, 9.17) is 10.9 Å². The summed E-state index contributed by atoms with van der Waals surface area (Å²) in [6, 6.07) is 4.63. The van der Waals surface area contributed by atoms with Gasteiger partial charge in [0, 0.05) is 16.2 Å². The van der Waals surface area contributed by atoms with Crippen LogP contribution < -0.4 is 5.73 Å². The summed E-state index contributed by atoms with van der Waals surface area (Å²) in [6.07, 6.45) is -2.95. The topological polar surface area (TPSA) is 76.4 Å². The van der Waals surface area contributed by atoms with Crippen LogP contribution in [0.1, 0.15) is 11.1 Å². The van der Waals surface area contributed by atoms with Crippen LogP contribution in [0.3, 0.4) is 0 Å². The predicted molar refractivity (Wildman–Crippen MR) is 68.8 cm³/mol. The highest BCUT2D eigenvalue weighted by molar-refractivity contribution is 9.10. The Labute approximate surface area is 119 Å².